The van der Waals surface area contributed by atoms with Gasteiger partial charge in [0.2, 0.25) is 0 Å². The minimum atomic E-state index is -1.05. The van der Waals surface area contributed by atoms with Crippen LogP contribution in [0.2, 0.25) is 0 Å². The number of carbonyl (C=O) groups is 4. The first-order valence-electron chi connectivity index (χ1n) is 11.8. The quantitative estimate of drug-likeness (QED) is 0.419. The largest absolute Gasteiger partial charge is 0.463 e. The zero-order valence-corrected chi connectivity index (χ0v) is 20.7. The zero-order chi connectivity index (χ0) is 24.5. The van der Waals surface area contributed by atoms with E-state index in [4.69, 9.17) is 4.74 Å². The molecular formula is C25H42O7. The maximum absolute atomic E-state index is 13.3. The molecule has 1 rings (SSSR count). The highest BCUT2D eigenvalue weighted by Gasteiger charge is 2.49. The van der Waals surface area contributed by atoms with Crippen molar-refractivity contribution in [3.05, 3.63) is 0 Å². The summed E-state index contributed by atoms with van der Waals surface area (Å²) in [6.07, 6.45) is 4.23. The average molecular weight is 455 g/mol. The third-order valence-corrected chi connectivity index (χ3v) is 6.95. The molecule has 7 nitrogen and oxygen atoms in total. The van der Waals surface area contributed by atoms with Crippen LogP contribution in [0.1, 0.15) is 92.9 Å². The van der Waals surface area contributed by atoms with Crippen molar-refractivity contribution in [3.8, 4) is 0 Å². The highest BCUT2D eigenvalue weighted by atomic mass is 16.6. The summed E-state index contributed by atoms with van der Waals surface area (Å²) in [6, 6.07) is 0. The van der Waals surface area contributed by atoms with Gasteiger partial charge in [0, 0.05) is 31.6 Å². The van der Waals surface area contributed by atoms with E-state index in [-0.39, 0.29) is 48.5 Å². The lowest BCUT2D eigenvalue weighted by Gasteiger charge is -2.50. The number of hydrogen-bond donors (Lipinski definition) is 1. The van der Waals surface area contributed by atoms with Gasteiger partial charge in [-0.25, -0.2) is 0 Å². The Labute approximate surface area is 192 Å². The first kappa shape index (κ1) is 28.3. The van der Waals surface area contributed by atoms with E-state index >= 15 is 0 Å². The van der Waals surface area contributed by atoms with Crippen LogP contribution in [0.25, 0.3) is 0 Å². The van der Waals surface area contributed by atoms with Crippen molar-refractivity contribution in [1.82, 2.24) is 0 Å². The fraction of sp³-hybridized carbons (Fsp3) is 0.840. The van der Waals surface area contributed by atoms with Crippen molar-refractivity contribution in [1.29, 1.82) is 0 Å². The first-order chi connectivity index (χ1) is 14.8. The molecule has 0 saturated heterocycles. The SMILES string of the molecule is CC(=O)CC[C@H]1C(C)(C)CCC[C@@]1(C)C(=O)CC[C@@H](C)CC(=O)OC[C@H](O)COC(C)=O. The summed E-state index contributed by atoms with van der Waals surface area (Å²) in [6.45, 7) is 10.8. The number of aliphatic hydroxyl groups excluding tert-OH is 1. The second-order valence-electron chi connectivity index (χ2n) is 10.5. The third-order valence-electron chi connectivity index (χ3n) is 6.95. The minimum Gasteiger partial charge on any atom is -0.463 e. The lowest BCUT2D eigenvalue weighted by molar-refractivity contribution is -0.152. The molecule has 7 heteroatoms. The zero-order valence-electron chi connectivity index (χ0n) is 20.7. The minimum absolute atomic E-state index is 0.0144. The van der Waals surface area contributed by atoms with E-state index in [1.165, 1.54) is 6.92 Å². The third kappa shape index (κ3) is 9.00. The maximum Gasteiger partial charge on any atom is 0.306 e. The Morgan fingerprint density at radius 1 is 1.00 bits per heavy atom. The predicted octanol–water partition coefficient (Wildman–Crippen LogP) is 4.03. The van der Waals surface area contributed by atoms with Crippen LogP contribution in [-0.2, 0) is 28.7 Å². The van der Waals surface area contributed by atoms with Gasteiger partial charge in [-0.2, -0.15) is 0 Å². The Hall–Kier alpha value is -1.76. The molecular weight excluding hydrogens is 412 g/mol. The number of esters is 2. The van der Waals surface area contributed by atoms with Gasteiger partial charge in [0.05, 0.1) is 0 Å². The van der Waals surface area contributed by atoms with Gasteiger partial charge in [-0.15, -0.1) is 0 Å². The first-order valence-corrected chi connectivity index (χ1v) is 11.8. The number of ketones is 2. The van der Waals surface area contributed by atoms with Crippen LogP contribution >= 0.6 is 0 Å². The van der Waals surface area contributed by atoms with Crippen LogP contribution in [0, 0.1) is 22.7 Å². The van der Waals surface area contributed by atoms with Crippen molar-refractivity contribution < 1.29 is 33.8 Å². The fourth-order valence-electron chi connectivity index (χ4n) is 5.07. The van der Waals surface area contributed by atoms with Crippen molar-refractivity contribution in [3.63, 3.8) is 0 Å². The molecule has 1 aliphatic carbocycles. The molecule has 0 heterocycles. The van der Waals surface area contributed by atoms with Crippen LogP contribution in [0.15, 0.2) is 0 Å². The summed E-state index contributed by atoms with van der Waals surface area (Å²) in [7, 11) is 0. The molecule has 0 aromatic rings. The monoisotopic (exact) mass is 454 g/mol. The summed E-state index contributed by atoms with van der Waals surface area (Å²) in [5.74, 6) is -0.447. The Morgan fingerprint density at radius 3 is 2.22 bits per heavy atom. The van der Waals surface area contributed by atoms with Gasteiger partial charge in [-0.3, -0.25) is 14.4 Å². The normalized spacial score (nSPS) is 24.3. The van der Waals surface area contributed by atoms with Gasteiger partial charge in [-0.05, 0) is 49.9 Å². The number of hydrogen-bond acceptors (Lipinski definition) is 7. The fourth-order valence-corrected chi connectivity index (χ4v) is 5.07. The molecule has 1 saturated carbocycles. The molecule has 0 bridgehead atoms. The second-order valence-corrected chi connectivity index (χ2v) is 10.5. The molecule has 4 atom stereocenters. The number of rotatable bonds is 13. The maximum atomic E-state index is 13.3. The Balaban J connectivity index is 2.56. The van der Waals surface area contributed by atoms with Gasteiger partial charge in [0.25, 0.3) is 0 Å². The molecule has 0 radical (unpaired) electrons. The highest BCUT2D eigenvalue weighted by Crippen LogP contribution is 2.54. The van der Waals surface area contributed by atoms with Crippen LogP contribution in [0.4, 0.5) is 0 Å². The van der Waals surface area contributed by atoms with Crippen LogP contribution in [-0.4, -0.2) is 47.9 Å². The van der Waals surface area contributed by atoms with E-state index in [0.29, 0.717) is 19.3 Å². The van der Waals surface area contributed by atoms with Crippen molar-refractivity contribution in [2.45, 2.75) is 99.0 Å². The lowest BCUT2D eigenvalue weighted by atomic mass is 9.53. The second kappa shape index (κ2) is 12.5. The summed E-state index contributed by atoms with van der Waals surface area (Å²) >= 11 is 0. The molecule has 32 heavy (non-hydrogen) atoms. The molecule has 0 unspecified atom stereocenters. The van der Waals surface area contributed by atoms with E-state index < -0.39 is 23.5 Å². The predicted molar refractivity (Wildman–Crippen MR) is 121 cm³/mol. The van der Waals surface area contributed by atoms with Crippen molar-refractivity contribution in [2.75, 3.05) is 13.2 Å². The highest BCUT2D eigenvalue weighted by molar-refractivity contribution is 5.85. The molecule has 1 N–H and O–H groups in total. The summed E-state index contributed by atoms with van der Waals surface area (Å²) in [4.78, 5) is 47.7. The topological polar surface area (TPSA) is 107 Å². The molecule has 1 aliphatic rings. The van der Waals surface area contributed by atoms with Crippen LogP contribution < -0.4 is 0 Å². The lowest BCUT2D eigenvalue weighted by Crippen LogP contribution is -2.47. The van der Waals surface area contributed by atoms with Gasteiger partial charge in [-0.1, -0.05) is 34.1 Å². The summed E-state index contributed by atoms with van der Waals surface area (Å²) < 4.78 is 9.72. The molecule has 0 aromatic carbocycles. The van der Waals surface area contributed by atoms with Crippen molar-refractivity contribution in [2.24, 2.45) is 22.7 Å². The molecule has 184 valence electrons. The summed E-state index contributed by atoms with van der Waals surface area (Å²) in [5, 5.41) is 9.65. The van der Waals surface area contributed by atoms with Crippen LogP contribution in [0.3, 0.4) is 0 Å². The number of Topliss-reactive ketones (excluding diaryl/α,β-unsaturated/α-hetero) is 2. The number of ether oxygens (including phenoxy) is 2. The Bertz CT molecular complexity index is 669. The summed E-state index contributed by atoms with van der Waals surface area (Å²) in [5.41, 5.74) is -0.432. The number of carbonyl (C=O) groups excluding carboxylic acids is 4. The molecule has 1 fully saturated rings. The molecule has 0 amide bonds. The van der Waals surface area contributed by atoms with E-state index in [9.17, 15) is 24.3 Å². The number of aliphatic hydroxyl groups is 1. The standard InChI is InChI=1S/C25H42O7/c1-17(14-23(30)32-16-20(28)15-31-19(3)27)8-11-22(29)25(6)13-7-12-24(4,5)21(25)10-9-18(2)26/h17,20-21,28H,7-16H2,1-6H3/t17-,20-,21+,25-/m1/s1. The molecule has 0 spiro atoms. The van der Waals surface area contributed by atoms with Gasteiger partial charge in [0.15, 0.2) is 0 Å². The van der Waals surface area contributed by atoms with Crippen LogP contribution in [0.5, 0.6) is 0 Å². The van der Waals surface area contributed by atoms with E-state index in [0.717, 1.165) is 25.7 Å². The van der Waals surface area contributed by atoms with Crippen molar-refractivity contribution >= 4 is 23.5 Å². The molecule has 0 aliphatic heterocycles. The van der Waals surface area contributed by atoms with E-state index in [2.05, 4.69) is 25.5 Å². The Morgan fingerprint density at radius 2 is 1.62 bits per heavy atom. The smallest absolute Gasteiger partial charge is 0.306 e. The average Bonchev–Trinajstić information content (AvgIpc) is 2.67. The van der Waals surface area contributed by atoms with E-state index in [1.807, 2.05) is 6.92 Å². The van der Waals surface area contributed by atoms with Gasteiger partial charge in [0.1, 0.15) is 30.9 Å². The van der Waals surface area contributed by atoms with Gasteiger partial charge < -0.3 is 19.4 Å². The van der Waals surface area contributed by atoms with Gasteiger partial charge >= 0.3 is 11.9 Å². The Kier molecular flexibility index (Phi) is 11.0. The molecule has 0 aromatic heterocycles. The van der Waals surface area contributed by atoms with E-state index in [1.54, 1.807) is 6.92 Å².